The molecule has 1 aromatic carbocycles. The molecule has 9 heteroatoms. The van der Waals surface area contributed by atoms with Crippen molar-refractivity contribution >= 4 is 39.2 Å². The molecule has 1 fully saturated rings. The molecule has 0 bridgehead atoms. The second kappa shape index (κ2) is 8.30. The number of carbonyl (C=O) groups excluding carboxylic acids is 1. The zero-order valence-corrected chi connectivity index (χ0v) is 16.4. The zero-order chi connectivity index (χ0) is 18.0. The quantitative estimate of drug-likeness (QED) is 0.831. The summed E-state index contributed by atoms with van der Waals surface area (Å²) in [6.45, 7) is 3.57. The van der Waals surface area contributed by atoms with Crippen molar-refractivity contribution in [1.29, 1.82) is 0 Å². The smallest absolute Gasteiger partial charge is 0.245 e. The highest BCUT2D eigenvalue weighted by Crippen LogP contribution is 2.25. The van der Waals surface area contributed by atoms with Crippen molar-refractivity contribution in [3.8, 4) is 0 Å². The van der Waals surface area contributed by atoms with Crippen LogP contribution in [0.5, 0.6) is 0 Å². The second-order valence-corrected chi connectivity index (χ2v) is 8.06. The maximum atomic E-state index is 13.1. The van der Waals surface area contributed by atoms with Crippen LogP contribution in [0, 0.1) is 6.92 Å². The molecule has 0 spiro atoms. The fraction of sp³-hybridized carbons (Fsp3) is 0.412. The fourth-order valence-electron chi connectivity index (χ4n) is 3.03. The number of hydrogen-bond donors (Lipinski definition) is 1. The summed E-state index contributed by atoms with van der Waals surface area (Å²) in [6.07, 6.45) is 1.68. The molecule has 0 unspecified atom stereocenters. The van der Waals surface area contributed by atoms with Gasteiger partial charge in [0, 0.05) is 37.8 Å². The van der Waals surface area contributed by atoms with Crippen molar-refractivity contribution in [3.05, 3.63) is 36.0 Å². The number of piperazine rings is 1. The Labute approximate surface area is 159 Å². The minimum Gasteiger partial charge on any atom is -0.339 e. The molecule has 2 aromatic rings. The van der Waals surface area contributed by atoms with Gasteiger partial charge in [-0.25, -0.2) is 8.42 Å². The van der Waals surface area contributed by atoms with Crippen LogP contribution in [0.2, 0.25) is 0 Å². The lowest BCUT2D eigenvalue weighted by molar-refractivity contribution is -0.131. The Hall–Kier alpha value is -1.74. The van der Waals surface area contributed by atoms with Crippen LogP contribution >= 0.6 is 12.4 Å². The summed E-state index contributed by atoms with van der Waals surface area (Å²) < 4.78 is 27.6. The minimum atomic E-state index is -3.65. The van der Waals surface area contributed by atoms with Crippen LogP contribution in [0.25, 0.3) is 10.9 Å². The van der Waals surface area contributed by atoms with Crippen molar-refractivity contribution in [2.75, 3.05) is 39.8 Å². The molecule has 26 heavy (non-hydrogen) atoms. The van der Waals surface area contributed by atoms with Crippen molar-refractivity contribution in [2.24, 2.45) is 0 Å². The molecular weight excluding hydrogens is 376 g/mol. The predicted molar refractivity (Wildman–Crippen MR) is 103 cm³/mol. The van der Waals surface area contributed by atoms with Crippen LogP contribution in [0.4, 0.5) is 0 Å². The molecule has 0 atom stereocenters. The van der Waals surface area contributed by atoms with Gasteiger partial charge in [-0.2, -0.15) is 4.31 Å². The van der Waals surface area contributed by atoms with Gasteiger partial charge in [0.1, 0.15) is 4.90 Å². The summed E-state index contributed by atoms with van der Waals surface area (Å²) in [4.78, 5) is 18.2. The van der Waals surface area contributed by atoms with E-state index in [-0.39, 0.29) is 29.8 Å². The largest absolute Gasteiger partial charge is 0.339 e. The summed E-state index contributed by atoms with van der Waals surface area (Å²) in [6, 6.07) is 7.12. The van der Waals surface area contributed by atoms with Crippen LogP contribution in [-0.4, -0.2) is 68.3 Å². The van der Waals surface area contributed by atoms with E-state index in [2.05, 4.69) is 10.3 Å². The number of para-hydroxylation sites is 1. The average molecular weight is 399 g/mol. The van der Waals surface area contributed by atoms with Crippen molar-refractivity contribution in [3.63, 3.8) is 0 Å². The molecule has 1 aromatic heterocycles. The highest BCUT2D eigenvalue weighted by atomic mass is 35.5. The minimum absolute atomic E-state index is 0. The molecule has 142 valence electrons. The van der Waals surface area contributed by atoms with Crippen molar-refractivity contribution in [2.45, 2.75) is 11.8 Å². The lowest BCUT2D eigenvalue weighted by Gasteiger charge is -2.34. The summed E-state index contributed by atoms with van der Waals surface area (Å²) >= 11 is 0. The Morgan fingerprint density at radius 1 is 1.23 bits per heavy atom. The Morgan fingerprint density at radius 3 is 2.58 bits per heavy atom. The third-order valence-electron chi connectivity index (χ3n) is 4.35. The molecule has 7 nitrogen and oxygen atoms in total. The molecule has 2 heterocycles. The van der Waals surface area contributed by atoms with Gasteiger partial charge in [-0.3, -0.25) is 9.78 Å². The molecular formula is C17H23ClN4O3S. The van der Waals surface area contributed by atoms with Gasteiger partial charge in [-0.1, -0.05) is 12.1 Å². The zero-order valence-electron chi connectivity index (χ0n) is 14.8. The van der Waals surface area contributed by atoms with E-state index in [4.69, 9.17) is 0 Å². The van der Waals surface area contributed by atoms with E-state index in [1.54, 1.807) is 30.3 Å². The van der Waals surface area contributed by atoms with E-state index in [9.17, 15) is 13.2 Å². The number of aromatic nitrogens is 1. The Morgan fingerprint density at radius 2 is 1.92 bits per heavy atom. The van der Waals surface area contributed by atoms with Crippen LogP contribution in [0.1, 0.15) is 5.56 Å². The normalized spacial score (nSPS) is 15.7. The third-order valence-corrected chi connectivity index (χ3v) is 6.28. The molecule has 0 radical (unpaired) electrons. The number of carbonyl (C=O) groups is 1. The number of amides is 1. The molecule has 3 rings (SSSR count). The monoisotopic (exact) mass is 398 g/mol. The van der Waals surface area contributed by atoms with Gasteiger partial charge in [0.15, 0.2) is 0 Å². The highest BCUT2D eigenvalue weighted by molar-refractivity contribution is 7.89. The summed E-state index contributed by atoms with van der Waals surface area (Å²) in [7, 11) is -1.93. The van der Waals surface area contributed by atoms with E-state index in [1.165, 1.54) is 4.31 Å². The van der Waals surface area contributed by atoms with Crippen LogP contribution in [0.15, 0.2) is 35.4 Å². The van der Waals surface area contributed by atoms with Crippen LogP contribution < -0.4 is 5.32 Å². The first-order valence-electron chi connectivity index (χ1n) is 8.21. The number of rotatable bonds is 4. The predicted octanol–water partition coefficient (Wildman–Crippen LogP) is 1.02. The topological polar surface area (TPSA) is 82.6 Å². The summed E-state index contributed by atoms with van der Waals surface area (Å²) in [5, 5.41) is 3.63. The standard InChI is InChI=1S/C17H22N4O3S.ClH/c1-13-10-14-4-3-5-15(17(14)19-11-13)25(23,24)21-8-6-20(7-9-21)16(22)12-18-2;/h3-5,10-11,18H,6-9,12H2,1-2H3;1H. The highest BCUT2D eigenvalue weighted by Gasteiger charge is 2.31. The number of aryl methyl sites for hydroxylation is 1. The van der Waals surface area contributed by atoms with Crippen LogP contribution in [0.3, 0.4) is 0 Å². The number of halogens is 1. The number of likely N-dealkylation sites (N-methyl/N-ethyl adjacent to an activating group) is 1. The number of benzene rings is 1. The molecule has 1 N–H and O–H groups in total. The van der Waals surface area contributed by atoms with Gasteiger partial charge in [-0.15, -0.1) is 12.4 Å². The fourth-order valence-corrected chi connectivity index (χ4v) is 4.62. The SMILES string of the molecule is CNCC(=O)N1CCN(S(=O)(=O)c2cccc3cc(C)cnc23)CC1.Cl. The lowest BCUT2D eigenvalue weighted by atomic mass is 10.2. The number of hydrogen-bond acceptors (Lipinski definition) is 5. The first-order valence-corrected chi connectivity index (χ1v) is 9.65. The van der Waals surface area contributed by atoms with Gasteiger partial charge >= 0.3 is 0 Å². The van der Waals surface area contributed by atoms with Gasteiger partial charge in [0.25, 0.3) is 0 Å². The Bertz CT molecular complexity index is 896. The lowest BCUT2D eigenvalue weighted by Crippen LogP contribution is -2.52. The average Bonchev–Trinajstić information content (AvgIpc) is 2.61. The number of fused-ring (bicyclic) bond motifs is 1. The van der Waals surface area contributed by atoms with E-state index in [0.717, 1.165) is 10.9 Å². The molecule has 1 amide bonds. The van der Waals surface area contributed by atoms with Gasteiger partial charge in [-0.05, 0) is 31.7 Å². The van der Waals surface area contributed by atoms with Crippen molar-refractivity contribution < 1.29 is 13.2 Å². The number of pyridine rings is 1. The first-order chi connectivity index (χ1) is 11.9. The second-order valence-electron chi connectivity index (χ2n) is 6.16. The Kier molecular flexibility index (Phi) is 6.57. The maximum Gasteiger partial charge on any atom is 0.245 e. The molecule has 1 saturated heterocycles. The van der Waals surface area contributed by atoms with Crippen molar-refractivity contribution in [1.82, 2.24) is 19.5 Å². The number of nitrogens with one attached hydrogen (secondary N) is 1. The van der Waals surface area contributed by atoms with Gasteiger partial charge in [0.2, 0.25) is 15.9 Å². The van der Waals surface area contributed by atoms with E-state index < -0.39 is 10.0 Å². The van der Waals surface area contributed by atoms with E-state index in [0.29, 0.717) is 31.7 Å². The van der Waals surface area contributed by atoms with E-state index >= 15 is 0 Å². The summed E-state index contributed by atoms with van der Waals surface area (Å²) in [5.41, 5.74) is 1.47. The van der Waals surface area contributed by atoms with Crippen LogP contribution in [-0.2, 0) is 14.8 Å². The Balaban J connectivity index is 0.00000243. The summed E-state index contributed by atoms with van der Waals surface area (Å²) in [5.74, 6) is -0.0122. The van der Waals surface area contributed by atoms with Gasteiger partial charge in [0.05, 0.1) is 12.1 Å². The molecule has 0 aliphatic carbocycles. The molecule has 0 saturated carbocycles. The number of sulfonamides is 1. The number of nitrogens with zero attached hydrogens (tertiary/aromatic N) is 3. The molecule has 1 aliphatic heterocycles. The van der Waals surface area contributed by atoms with Gasteiger partial charge < -0.3 is 10.2 Å². The first kappa shape index (κ1) is 20.6. The third kappa shape index (κ3) is 3.98. The van der Waals surface area contributed by atoms with E-state index in [1.807, 2.05) is 19.1 Å². The molecule has 1 aliphatic rings. The maximum absolute atomic E-state index is 13.1.